The topological polar surface area (TPSA) is 76.4 Å². The van der Waals surface area contributed by atoms with Gasteiger partial charge in [0.05, 0.1) is 7.11 Å². The summed E-state index contributed by atoms with van der Waals surface area (Å²) in [6, 6.07) is 5.48. The van der Waals surface area contributed by atoms with Crippen LogP contribution in [0.1, 0.15) is 12.8 Å². The Morgan fingerprint density at radius 2 is 2.17 bits per heavy atom. The summed E-state index contributed by atoms with van der Waals surface area (Å²) in [5, 5.41) is 6.09. The van der Waals surface area contributed by atoms with Crippen LogP contribution in [0.4, 0.5) is 11.4 Å². The molecule has 98 valence electrons. The number of benzene rings is 1. The number of ether oxygens (including phenoxy) is 1. The fourth-order valence-corrected chi connectivity index (χ4v) is 1.72. The van der Waals surface area contributed by atoms with Gasteiger partial charge < -0.3 is 21.1 Å². The minimum atomic E-state index is 0.168. The summed E-state index contributed by atoms with van der Waals surface area (Å²) in [5.41, 5.74) is 7.29. The maximum absolute atomic E-state index is 11.4. The summed E-state index contributed by atoms with van der Waals surface area (Å²) in [6.07, 6.45) is 2.07. The number of anilines is 2. The predicted octanol–water partition coefficient (Wildman–Crippen LogP) is 1.22. The van der Waals surface area contributed by atoms with Crippen LogP contribution in [0, 0.1) is 5.92 Å². The largest absolute Gasteiger partial charge is 0.497 e. The molecule has 0 bridgehead atoms. The number of nitrogen functional groups attached to an aromatic ring is 1. The summed E-state index contributed by atoms with van der Waals surface area (Å²) in [4.78, 5) is 11.4. The third-order valence-electron chi connectivity index (χ3n) is 2.87. The number of carbonyl (C=O) groups excluding carboxylic acids is 1. The smallest absolute Gasteiger partial charge is 0.223 e. The zero-order valence-corrected chi connectivity index (χ0v) is 10.5. The van der Waals surface area contributed by atoms with Crippen LogP contribution in [0.3, 0.4) is 0 Å². The van der Waals surface area contributed by atoms with E-state index in [1.54, 1.807) is 13.2 Å². The molecule has 5 nitrogen and oxygen atoms in total. The van der Waals surface area contributed by atoms with E-state index in [9.17, 15) is 4.79 Å². The number of hydrogen-bond acceptors (Lipinski definition) is 4. The molecule has 0 radical (unpaired) electrons. The molecule has 1 fully saturated rings. The number of nitrogens with one attached hydrogen (secondary N) is 2. The Kier molecular flexibility index (Phi) is 3.92. The van der Waals surface area contributed by atoms with E-state index in [-0.39, 0.29) is 11.8 Å². The van der Waals surface area contributed by atoms with E-state index in [0.717, 1.165) is 24.3 Å². The van der Waals surface area contributed by atoms with Gasteiger partial charge in [-0.15, -0.1) is 0 Å². The van der Waals surface area contributed by atoms with Crippen LogP contribution in [0.5, 0.6) is 5.75 Å². The standard InChI is InChI=1S/C13H19N3O2/c1-18-12-7-10(14)6-11(8-12)15-4-5-16-13(17)9-2-3-9/h6-9,15H,2-5,14H2,1H3,(H,16,17). The summed E-state index contributed by atoms with van der Waals surface area (Å²) in [5.74, 6) is 1.15. The average Bonchev–Trinajstić information content (AvgIpc) is 3.17. The van der Waals surface area contributed by atoms with Crippen LogP contribution in [0.25, 0.3) is 0 Å². The van der Waals surface area contributed by atoms with Gasteiger partial charge in [-0.2, -0.15) is 0 Å². The Labute approximate surface area is 107 Å². The van der Waals surface area contributed by atoms with Crippen LogP contribution in [0.2, 0.25) is 0 Å². The Hall–Kier alpha value is -1.91. The van der Waals surface area contributed by atoms with Gasteiger partial charge in [-0.3, -0.25) is 4.79 Å². The van der Waals surface area contributed by atoms with Crippen molar-refractivity contribution in [3.63, 3.8) is 0 Å². The number of rotatable bonds is 6. The highest BCUT2D eigenvalue weighted by Crippen LogP contribution is 2.28. The number of carbonyl (C=O) groups is 1. The molecular formula is C13H19N3O2. The number of hydrogen-bond donors (Lipinski definition) is 3. The third kappa shape index (κ3) is 3.55. The van der Waals surface area contributed by atoms with Crippen molar-refractivity contribution in [1.29, 1.82) is 0 Å². The van der Waals surface area contributed by atoms with Crippen molar-refractivity contribution in [3.05, 3.63) is 18.2 Å². The quantitative estimate of drug-likeness (QED) is 0.523. The van der Waals surface area contributed by atoms with E-state index >= 15 is 0 Å². The minimum absolute atomic E-state index is 0.168. The van der Waals surface area contributed by atoms with Crippen molar-refractivity contribution in [2.75, 3.05) is 31.2 Å². The number of nitrogens with two attached hydrogens (primary N) is 1. The van der Waals surface area contributed by atoms with E-state index in [4.69, 9.17) is 10.5 Å². The van der Waals surface area contributed by atoms with Crippen LogP contribution in [0.15, 0.2) is 18.2 Å². The molecule has 2 rings (SSSR count). The summed E-state index contributed by atoms with van der Waals surface area (Å²) in [7, 11) is 1.61. The van der Waals surface area contributed by atoms with Gasteiger partial charge in [-0.1, -0.05) is 0 Å². The number of amides is 1. The first kappa shape index (κ1) is 12.5. The average molecular weight is 249 g/mol. The van der Waals surface area contributed by atoms with Crippen LogP contribution in [-0.2, 0) is 4.79 Å². The lowest BCUT2D eigenvalue weighted by Crippen LogP contribution is -2.29. The molecule has 0 unspecified atom stereocenters. The summed E-state index contributed by atoms with van der Waals surface area (Å²) >= 11 is 0. The molecule has 0 aliphatic heterocycles. The molecule has 0 heterocycles. The third-order valence-corrected chi connectivity index (χ3v) is 2.87. The molecule has 1 aromatic carbocycles. The fourth-order valence-electron chi connectivity index (χ4n) is 1.72. The van der Waals surface area contributed by atoms with Crippen molar-refractivity contribution in [2.45, 2.75) is 12.8 Å². The normalized spacial score (nSPS) is 14.1. The molecule has 1 aliphatic carbocycles. The molecule has 1 amide bonds. The van der Waals surface area contributed by atoms with E-state index < -0.39 is 0 Å². The lowest BCUT2D eigenvalue weighted by molar-refractivity contribution is -0.122. The SMILES string of the molecule is COc1cc(N)cc(NCCNC(=O)C2CC2)c1. The van der Waals surface area contributed by atoms with Crippen molar-refractivity contribution >= 4 is 17.3 Å². The molecule has 5 heteroatoms. The zero-order chi connectivity index (χ0) is 13.0. The minimum Gasteiger partial charge on any atom is -0.497 e. The second-order valence-corrected chi connectivity index (χ2v) is 4.49. The second-order valence-electron chi connectivity index (χ2n) is 4.49. The Morgan fingerprint density at radius 3 is 2.83 bits per heavy atom. The molecule has 1 aromatic rings. The molecule has 0 spiro atoms. The Balaban J connectivity index is 1.75. The van der Waals surface area contributed by atoms with Gasteiger partial charge in [0.1, 0.15) is 5.75 Å². The van der Waals surface area contributed by atoms with Crippen LogP contribution in [-0.4, -0.2) is 26.1 Å². The van der Waals surface area contributed by atoms with Crippen molar-refractivity contribution in [3.8, 4) is 5.75 Å². The molecule has 18 heavy (non-hydrogen) atoms. The summed E-state index contributed by atoms with van der Waals surface area (Å²) in [6.45, 7) is 1.29. The molecule has 1 saturated carbocycles. The van der Waals surface area contributed by atoms with E-state index in [1.165, 1.54) is 0 Å². The second kappa shape index (κ2) is 5.62. The Morgan fingerprint density at radius 1 is 1.39 bits per heavy atom. The van der Waals surface area contributed by atoms with Gasteiger partial charge in [-0.25, -0.2) is 0 Å². The molecule has 0 saturated heterocycles. The van der Waals surface area contributed by atoms with Gasteiger partial charge >= 0.3 is 0 Å². The van der Waals surface area contributed by atoms with Crippen LogP contribution >= 0.6 is 0 Å². The lowest BCUT2D eigenvalue weighted by Gasteiger charge is -2.10. The van der Waals surface area contributed by atoms with Gasteiger partial charge in [-0.05, 0) is 18.9 Å². The van der Waals surface area contributed by atoms with Gasteiger partial charge in [0.15, 0.2) is 0 Å². The number of methoxy groups -OCH3 is 1. The lowest BCUT2D eigenvalue weighted by atomic mass is 10.2. The van der Waals surface area contributed by atoms with E-state index in [1.807, 2.05) is 12.1 Å². The first-order valence-corrected chi connectivity index (χ1v) is 6.15. The maximum atomic E-state index is 11.4. The highest BCUT2D eigenvalue weighted by atomic mass is 16.5. The van der Waals surface area contributed by atoms with Gasteiger partial charge in [0, 0.05) is 42.5 Å². The van der Waals surface area contributed by atoms with Gasteiger partial charge in [0.2, 0.25) is 5.91 Å². The molecule has 0 atom stereocenters. The predicted molar refractivity (Wildman–Crippen MR) is 71.6 cm³/mol. The van der Waals surface area contributed by atoms with Crippen molar-refractivity contribution in [1.82, 2.24) is 5.32 Å². The summed E-state index contributed by atoms with van der Waals surface area (Å²) < 4.78 is 5.13. The monoisotopic (exact) mass is 249 g/mol. The van der Waals surface area contributed by atoms with Gasteiger partial charge in [0.25, 0.3) is 0 Å². The maximum Gasteiger partial charge on any atom is 0.223 e. The molecule has 1 aliphatic rings. The van der Waals surface area contributed by atoms with E-state index in [2.05, 4.69) is 10.6 Å². The Bertz CT molecular complexity index is 430. The fraction of sp³-hybridized carbons (Fsp3) is 0.462. The molecular weight excluding hydrogens is 230 g/mol. The molecule has 4 N–H and O–H groups in total. The highest BCUT2D eigenvalue weighted by molar-refractivity contribution is 5.80. The van der Waals surface area contributed by atoms with Crippen molar-refractivity contribution < 1.29 is 9.53 Å². The van der Waals surface area contributed by atoms with Crippen molar-refractivity contribution in [2.24, 2.45) is 5.92 Å². The first-order chi connectivity index (χ1) is 8.69. The molecule has 0 aromatic heterocycles. The highest BCUT2D eigenvalue weighted by Gasteiger charge is 2.28. The van der Waals surface area contributed by atoms with Crippen LogP contribution < -0.4 is 21.1 Å². The zero-order valence-electron chi connectivity index (χ0n) is 10.5. The van der Waals surface area contributed by atoms with E-state index in [0.29, 0.717) is 18.8 Å². The first-order valence-electron chi connectivity index (χ1n) is 6.15.